The first kappa shape index (κ1) is 19.3. The van der Waals surface area contributed by atoms with Crippen molar-refractivity contribution in [3.8, 4) is 0 Å². The predicted octanol–water partition coefficient (Wildman–Crippen LogP) is 3.90. The number of carbonyl (C=O) groups excluding carboxylic acids is 1. The summed E-state index contributed by atoms with van der Waals surface area (Å²) in [5, 5.41) is 0. The van der Waals surface area contributed by atoms with Crippen molar-refractivity contribution in [1.82, 2.24) is 9.21 Å². The van der Waals surface area contributed by atoms with E-state index in [4.69, 9.17) is 0 Å². The van der Waals surface area contributed by atoms with Gasteiger partial charge in [-0.1, -0.05) is 32.8 Å². The lowest BCUT2D eigenvalue weighted by Gasteiger charge is -2.31. The van der Waals surface area contributed by atoms with Gasteiger partial charge in [0.05, 0.1) is 23.9 Å². The molecule has 0 radical (unpaired) electrons. The third-order valence-corrected chi connectivity index (χ3v) is 8.36. The van der Waals surface area contributed by atoms with Crippen molar-refractivity contribution in [3.63, 3.8) is 0 Å². The van der Waals surface area contributed by atoms with E-state index in [0.29, 0.717) is 18.0 Å². The molecule has 1 saturated heterocycles. The normalized spacial score (nSPS) is 26.0. The zero-order chi connectivity index (χ0) is 19.2. The highest BCUT2D eigenvalue weighted by Gasteiger charge is 2.48. The Balaban J connectivity index is 1.52. The average Bonchev–Trinajstić information content (AvgIpc) is 3.25. The van der Waals surface area contributed by atoms with Gasteiger partial charge in [-0.05, 0) is 55.2 Å². The Kier molecular flexibility index (Phi) is 5.30. The second-order valence-electron chi connectivity index (χ2n) is 9.18. The van der Waals surface area contributed by atoms with Gasteiger partial charge < -0.3 is 9.45 Å². The van der Waals surface area contributed by atoms with Crippen LogP contribution < -0.4 is 0 Å². The van der Waals surface area contributed by atoms with Gasteiger partial charge in [-0.3, -0.25) is 4.79 Å². The van der Waals surface area contributed by atoms with Gasteiger partial charge in [0.2, 0.25) is 5.91 Å². The SMILES string of the molecule is CC(C)C(=O)N1CCc2ccc([S+]([O-])N3CC4(CCCC4)CC3C)cc2C1. The van der Waals surface area contributed by atoms with Crippen LogP contribution in [0, 0.1) is 11.3 Å². The molecule has 1 amide bonds. The van der Waals surface area contributed by atoms with Crippen molar-refractivity contribution in [2.24, 2.45) is 11.3 Å². The maximum Gasteiger partial charge on any atom is 0.225 e. The highest BCUT2D eigenvalue weighted by atomic mass is 32.2. The van der Waals surface area contributed by atoms with Crippen LogP contribution in [0.15, 0.2) is 23.1 Å². The molecular formula is C22H32N2O2S. The molecule has 2 unspecified atom stereocenters. The molecular weight excluding hydrogens is 356 g/mol. The number of amides is 1. The smallest absolute Gasteiger partial charge is 0.225 e. The van der Waals surface area contributed by atoms with Crippen molar-refractivity contribution < 1.29 is 9.35 Å². The molecule has 4 nitrogen and oxygen atoms in total. The minimum atomic E-state index is -1.11. The quantitative estimate of drug-likeness (QED) is 0.738. The van der Waals surface area contributed by atoms with Crippen LogP contribution in [0.5, 0.6) is 0 Å². The number of nitrogens with zero attached hydrogens (tertiary/aromatic N) is 2. The van der Waals surface area contributed by atoms with Crippen LogP contribution in [0.4, 0.5) is 0 Å². The van der Waals surface area contributed by atoms with E-state index < -0.39 is 11.4 Å². The van der Waals surface area contributed by atoms with E-state index in [2.05, 4.69) is 23.4 Å². The Morgan fingerprint density at radius 3 is 2.70 bits per heavy atom. The molecule has 3 aliphatic rings. The molecule has 0 aromatic heterocycles. The van der Waals surface area contributed by atoms with Gasteiger partial charge in [-0.25, -0.2) is 0 Å². The molecule has 1 aliphatic carbocycles. The van der Waals surface area contributed by atoms with E-state index in [0.717, 1.165) is 24.4 Å². The molecule has 148 valence electrons. The lowest BCUT2D eigenvalue weighted by molar-refractivity contribution is -0.135. The van der Waals surface area contributed by atoms with Gasteiger partial charge in [-0.15, -0.1) is 4.31 Å². The molecule has 1 spiro atoms. The molecule has 1 aromatic carbocycles. The predicted molar refractivity (Wildman–Crippen MR) is 108 cm³/mol. The van der Waals surface area contributed by atoms with E-state index in [1.54, 1.807) is 0 Å². The lowest BCUT2D eigenvalue weighted by atomic mass is 9.84. The second-order valence-corrected chi connectivity index (χ2v) is 10.6. The van der Waals surface area contributed by atoms with Crippen LogP contribution in [0.3, 0.4) is 0 Å². The number of rotatable bonds is 3. The lowest BCUT2D eigenvalue weighted by Crippen LogP contribution is -2.39. The van der Waals surface area contributed by atoms with Crippen LogP contribution in [-0.2, 0) is 29.1 Å². The summed E-state index contributed by atoms with van der Waals surface area (Å²) in [4.78, 5) is 15.2. The molecule has 1 aromatic rings. The zero-order valence-corrected chi connectivity index (χ0v) is 17.7. The van der Waals surface area contributed by atoms with Crippen molar-refractivity contribution in [2.45, 2.75) is 76.8 Å². The standard InChI is InChI=1S/C22H32N2O2S/c1-16(2)21(25)23-11-8-18-6-7-20(12-19(18)14-23)27(26)24-15-22(13-17(24)3)9-4-5-10-22/h6-7,12,16-17H,4-5,8-11,13-15H2,1-3H3. The second kappa shape index (κ2) is 7.41. The van der Waals surface area contributed by atoms with Crippen molar-refractivity contribution in [1.29, 1.82) is 0 Å². The highest BCUT2D eigenvalue weighted by Crippen LogP contribution is 2.49. The first-order chi connectivity index (χ1) is 12.9. The van der Waals surface area contributed by atoms with E-state index in [9.17, 15) is 9.35 Å². The van der Waals surface area contributed by atoms with Gasteiger partial charge in [0.15, 0.2) is 4.90 Å². The molecule has 2 heterocycles. The number of hydrogen-bond donors (Lipinski definition) is 0. The fourth-order valence-corrected chi connectivity index (χ4v) is 6.81. The molecule has 2 aliphatic heterocycles. The topological polar surface area (TPSA) is 46.6 Å². The first-order valence-corrected chi connectivity index (χ1v) is 11.6. The van der Waals surface area contributed by atoms with Gasteiger partial charge in [0.25, 0.3) is 0 Å². The summed E-state index contributed by atoms with van der Waals surface area (Å²) in [6.07, 6.45) is 7.31. The number of carbonyl (C=O) groups is 1. The highest BCUT2D eigenvalue weighted by molar-refractivity contribution is 7.89. The van der Waals surface area contributed by atoms with E-state index >= 15 is 0 Å². The first-order valence-electron chi connectivity index (χ1n) is 10.5. The van der Waals surface area contributed by atoms with Crippen LogP contribution in [0.2, 0.25) is 0 Å². The van der Waals surface area contributed by atoms with Gasteiger partial charge in [0, 0.05) is 25.1 Å². The Bertz CT molecular complexity index is 714. The third-order valence-electron chi connectivity index (χ3n) is 6.79. The summed E-state index contributed by atoms with van der Waals surface area (Å²) in [6, 6.07) is 6.64. The van der Waals surface area contributed by atoms with Crippen LogP contribution in [0.25, 0.3) is 0 Å². The maximum absolute atomic E-state index is 13.4. The zero-order valence-electron chi connectivity index (χ0n) is 16.9. The van der Waals surface area contributed by atoms with Crippen LogP contribution in [-0.4, -0.2) is 38.8 Å². The molecule has 2 fully saturated rings. The average molecular weight is 389 g/mol. The third kappa shape index (κ3) is 3.66. The Morgan fingerprint density at radius 1 is 1.26 bits per heavy atom. The molecule has 0 N–H and O–H groups in total. The Morgan fingerprint density at radius 2 is 2.00 bits per heavy atom. The van der Waals surface area contributed by atoms with Crippen molar-refractivity contribution in [2.75, 3.05) is 13.1 Å². The molecule has 0 bridgehead atoms. The molecule has 27 heavy (non-hydrogen) atoms. The van der Waals surface area contributed by atoms with E-state index in [1.807, 2.05) is 24.8 Å². The molecule has 1 saturated carbocycles. The summed E-state index contributed by atoms with van der Waals surface area (Å²) >= 11 is -1.11. The molecule has 2 atom stereocenters. The Labute approximate surface area is 166 Å². The fourth-order valence-electron chi connectivity index (χ4n) is 5.32. The summed E-state index contributed by atoms with van der Waals surface area (Å²) in [6.45, 7) is 8.55. The number of hydrogen-bond acceptors (Lipinski definition) is 3. The minimum Gasteiger partial charge on any atom is -0.593 e. The summed E-state index contributed by atoms with van der Waals surface area (Å²) in [5.41, 5.74) is 2.87. The summed E-state index contributed by atoms with van der Waals surface area (Å²) in [5.74, 6) is 0.237. The van der Waals surface area contributed by atoms with Crippen molar-refractivity contribution >= 4 is 17.3 Å². The van der Waals surface area contributed by atoms with E-state index in [1.165, 1.54) is 43.2 Å². The fraction of sp³-hybridized carbons (Fsp3) is 0.682. The van der Waals surface area contributed by atoms with E-state index in [-0.39, 0.29) is 11.8 Å². The Hall–Kier alpha value is -1.04. The number of benzene rings is 1. The molecule has 4 rings (SSSR count). The number of fused-ring (bicyclic) bond motifs is 1. The maximum atomic E-state index is 13.4. The summed E-state index contributed by atoms with van der Waals surface area (Å²) < 4.78 is 15.6. The monoisotopic (exact) mass is 388 g/mol. The molecule has 5 heteroatoms. The minimum absolute atomic E-state index is 0.0249. The van der Waals surface area contributed by atoms with Gasteiger partial charge in [-0.2, -0.15) is 0 Å². The summed E-state index contributed by atoms with van der Waals surface area (Å²) in [7, 11) is 0. The largest absolute Gasteiger partial charge is 0.593 e. The van der Waals surface area contributed by atoms with Crippen LogP contribution >= 0.6 is 0 Å². The van der Waals surface area contributed by atoms with Gasteiger partial charge >= 0.3 is 0 Å². The van der Waals surface area contributed by atoms with Gasteiger partial charge in [0.1, 0.15) is 0 Å². The van der Waals surface area contributed by atoms with Crippen LogP contribution in [0.1, 0.15) is 64.0 Å². The van der Waals surface area contributed by atoms with Crippen molar-refractivity contribution in [3.05, 3.63) is 29.3 Å².